The molecule has 4 rings (SSSR count). The minimum atomic E-state index is -0.540. The van der Waals surface area contributed by atoms with E-state index < -0.39 is 5.91 Å². The molecule has 4 aromatic rings. The van der Waals surface area contributed by atoms with E-state index in [9.17, 15) is 9.90 Å². The van der Waals surface area contributed by atoms with E-state index in [2.05, 4.69) is 20.2 Å². The molecule has 0 unspecified atom stereocenters. The third-order valence-electron chi connectivity index (χ3n) is 4.11. The number of nitrogens with one attached hydrogen (secondary N) is 1. The highest BCUT2D eigenvalue weighted by atomic mass is 35.5. The van der Waals surface area contributed by atoms with Crippen LogP contribution in [0.1, 0.15) is 16.1 Å². The summed E-state index contributed by atoms with van der Waals surface area (Å²) in [7, 11) is 0. The number of azo groups is 1. The first-order valence-corrected chi connectivity index (χ1v) is 8.24. The lowest BCUT2D eigenvalue weighted by molar-refractivity contribution is 0.0994. The molecule has 26 heavy (non-hydrogen) atoms. The molecule has 128 valence electrons. The Morgan fingerprint density at radius 3 is 2.85 bits per heavy atom. The Morgan fingerprint density at radius 2 is 2.00 bits per heavy atom. The van der Waals surface area contributed by atoms with Gasteiger partial charge in [0.1, 0.15) is 0 Å². The second-order valence-corrected chi connectivity index (χ2v) is 6.21. The van der Waals surface area contributed by atoms with E-state index in [-0.39, 0.29) is 11.6 Å². The molecule has 0 bridgehead atoms. The van der Waals surface area contributed by atoms with Gasteiger partial charge in [-0.05, 0) is 31.2 Å². The van der Waals surface area contributed by atoms with Gasteiger partial charge in [0.15, 0.2) is 5.69 Å². The van der Waals surface area contributed by atoms with E-state index in [0.29, 0.717) is 27.2 Å². The summed E-state index contributed by atoms with van der Waals surface area (Å²) in [5, 5.41) is 19.5. The molecule has 6 nitrogen and oxygen atoms in total. The molecule has 7 heteroatoms. The zero-order valence-corrected chi connectivity index (χ0v) is 14.4. The number of aryl methyl sites for hydroxylation is 1. The van der Waals surface area contributed by atoms with Crippen LogP contribution in [0.5, 0.6) is 5.88 Å². The predicted molar refractivity (Wildman–Crippen MR) is 100 cm³/mol. The van der Waals surface area contributed by atoms with Gasteiger partial charge in [-0.15, -0.1) is 10.2 Å². The number of aromatic hydroxyl groups is 1. The van der Waals surface area contributed by atoms with Crippen molar-refractivity contribution in [2.75, 3.05) is 0 Å². The Balaban J connectivity index is 1.75. The fourth-order valence-corrected chi connectivity index (χ4v) is 3.11. The van der Waals surface area contributed by atoms with Crippen molar-refractivity contribution in [3.8, 4) is 5.88 Å². The van der Waals surface area contributed by atoms with Crippen LogP contribution in [0.4, 0.5) is 5.69 Å². The first-order chi connectivity index (χ1) is 12.5. The van der Waals surface area contributed by atoms with Gasteiger partial charge in [-0.1, -0.05) is 35.9 Å². The zero-order valence-electron chi connectivity index (χ0n) is 13.7. The number of hydrogen-bond acceptors (Lipinski definition) is 4. The molecule has 2 N–H and O–H groups in total. The monoisotopic (exact) mass is 364 g/mol. The van der Waals surface area contributed by atoms with Crippen molar-refractivity contribution in [2.45, 2.75) is 6.92 Å². The standard InChI is InChI=1S/C19H13ClN4O2/c1-10-12(9-11-5-2-3-7-14(11)21-10)18(25)24-23-17-16-13(20)6-4-8-15(16)22-19(17)26/h2-9,22,26H,1H3. The lowest BCUT2D eigenvalue weighted by Crippen LogP contribution is -2.00. The topological polar surface area (TPSA) is 90.7 Å². The second-order valence-electron chi connectivity index (χ2n) is 5.80. The van der Waals surface area contributed by atoms with E-state index in [0.717, 1.165) is 10.9 Å². The third kappa shape index (κ3) is 2.70. The van der Waals surface area contributed by atoms with E-state index in [1.54, 1.807) is 31.2 Å². The molecule has 0 spiro atoms. The number of H-pyrrole nitrogens is 1. The lowest BCUT2D eigenvalue weighted by Gasteiger charge is -2.03. The van der Waals surface area contributed by atoms with Gasteiger partial charge >= 0.3 is 0 Å². The smallest absolute Gasteiger partial charge is 0.297 e. The number of fused-ring (bicyclic) bond motifs is 2. The number of carbonyl (C=O) groups is 1. The van der Waals surface area contributed by atoms with Crippen LogP contribution in [0.3, 0.4) is 0 Å². The molecular weight excluding hydrogens is 352 g/mol. The van der Waals surface area contributed by atoms with E-state index in [4.69, 9.17) is 11.6 Å². The Hall–Kier alpha value is -3.25. The number of hydrogen-bond donors (Lipinski definition) is 2. The summed E-state index contributed by atoms with van der Waals surface area (Å²) < 4.78 is 0. The molecule has 2 heterocycles. The van der Waals surface area contributed by atoms with Crippen molar-refractivity contribution in [3.05, 3.63) is 64.8 Å². The summed E-state index contributed by atoms with van der Waals surface area (Å²) in [6.45, 7) is 1.75. The van der Waals surface area contributed by atoms with Gasteiger partial charge in [-0.25, -0.2) is 0 Å². The first kappa shape index (κ1) is 16.2. The maximum atomic E-state index is 12.5. The Morgan fingerprint density at radius 1 is 1.19 bits per heavy atom. The molecule has 1 amide bonds. The van der Waals surface area contributed by atoms with Crippen LogP contribution < -0.4 is 0 Å². The van der Waals surface area contributed by atoms with Crippen molar-refractivity contribution in [1.82, 2.24) is 9.97 Å². The second kappa shape index (κ2) is 6.24. The number of benzene rings is 2. The van der Waals surface area contributed by atoms with E-state index >= 15 is 0 Å². The van der Waals surface area contributed by atoms with Crippen LogP contribution >= 0.6 is 11.6 Å². The highest BCUT2D eigenvalue weighted by Crippen LogP contribution is 2.39. The molecule has 0 saturated heterocycles. The summed E-state index contributed by atoms with van der Waals surface area (Å²) in [6, 6.07) is 14.4. The average molecular weight is 365 g/mol. The number of aromatic amines is 1. The van der Waals surface area contributed by atoms with Crippen molar-refractivity contribution in [2.24, 2.45) is 10.2 Å². The number of para-hydroxylation sites is 1. The number of rotatable bonds is 2. The van der Waals surface area contributed by atoms with Gasteiger partial charge < -0.3 is 10.1 Å². The largest absolute Gasteiger partial charge is 0.493 e. The maximum Gasteiger partial charge on any atom is 0.297 e. The minimum absolute atomic E-state index is 0.130. The quantitative estimate of drug-likeness (QED) is 0.472. The van der Waals surface area contributed by atoms with Crippen molar-refractivity contribution in [1.29, 1.82) is 0 Å². The number of amides is 1. The summed E-state index contributed by atoms with van der Waals surface area (Å²) in [4.78, 5) is 19.7. The minimum Gasteiger partial charge on any atom is -0.493 e. The molecule has 0 aliphatic rings. The molecule has 0 saturated carbocycles. The number of pyridine rings is 1. The molecule has 0 radical (unpaired) electrons. The van der Waals surface area contributed by atoms with Crippen LogP contribution in [0, 0.1) is 6.92 Å². The summed E-state index contributed by atoms with van der Waals surface area (Å²) in [5.74, 6) is -0.737. The lowest BCUT2D eigenvalue weighted by atomic mass is 10.1. The number of carbonyl (C=O) groups excluding carboxylic acids is 1. The van der Waals surface area contributed by atoms with E-state index in [1.165, 1.54) is 0 Å². The van der Waals surface area contributed by atoms with Crippen LogP contribution in [0.2, 0.25) is 5.02 Å². The Labute approximate surface area is 153 Å². The maximum absolute atomic E-state index is 12.5. The summed E-state index contributed by atoms with van der Waals surface area (Å²) >= 11 is 6.17. The number of halogens is 1. The SMILES string of the molecule is Cc1nc2ccccc2cc1C(=O)N=Nc1c(O)[nH]c2cccc(Cl)c12. The molecule has 0 atom stereocenters. The molecule has 2 aromatic carbocycles. The predicted octanol–water partition coefficient (Wildman–Crippen LogP) is 5.31. The van der Waals surface area contributed by atoms with Gasteiger partial charge in [0, 0.05) is 10.8 Å². The van der Waals surface area contributed by atoms with Gasteiger partial charge in [0.2, 0.25) is 5.88 Å². The summed E-state index contributed by atoms with van der Waals surface area (Å²) in [6.07, 6.45) is 0. The van der Waals surface area contributed by atoms with Crippen LogP contribution in [-0.2, 0) is 0 Å². The van der Waals surface area contributed by atoms with Crippen molar-refractivity contribution >= 4 is 45.0 Å². The fourth-order valence-electron chi connectivity index (χ4n) is 2.85. The molecule has 0 aliphatic heterocycles. The Bertz CT molecular complexity index is 1200. The first-order valence-electron chi connectivity index (χ1n) is 7.86. The van der Waals surface area contributed by atoms with Gasteiger partial charge in [0.25, 0.3) is 5.91 Å². The summed E-state index contributed by atoms with van der Waals surface area (Å²) in [5.41, 5.74) is 2.47. The number of aromatic nitrogens is 2. The highest BCUT2D eigenvalue weighted by molar-refractivity contribution is 6.36. The normalized spacial score (nSPS) is 11.6. The van der Waals surface area contributed by atoms with Crippen LogP contribution in [0.15, 0.2) is 58.8 Å². The number of nitrogens with zero attached hydrogens (tertiary/aromatic N) is 3. The molecule has 0 fully saturated rings. The van der Waals surface area contributed by atoms with Crippen LogP contribution in [-0.4, -0.2) is 21.0 Å². The van der Waals surface area contributed by atoms with Gasteiger partial charge in [0.05, 0.1) is 27.3 Å². The molecule has 0 aliphatic carbocycles. The molecule has 2 aromatic heterocycles. The molecular formula is C19H13ClN4O2. The van der Waals surface area contributed by atoms with Crippen molar-refractivity contribution in [3.63, 3.8) is 0 Å². The van der Waals surface area contributed by atoms with E-state index in [1.807, 2.05) is 24.3 Å². The highest BCUT2D eigenvalue weighted by Gasteiger charge is 2.15. The average Bonchev–Trinajstić information content (AvgIpc) is 2.95. The third-order valence-corrected chi connectivity index (χ3v) is 4.43. The van der Waals surface area contributed by atoms with Gasteiger partial charge in [-0.3, -0.25) is 9.78 Å². The van der Waals surface area contributed by atoms with Crippen molar-refractivity contribution < 1.29 is 9.90 Å². The fraction of sp³-hybridized carbons (Fsp3) is 0.0526. The Kier molecular flexibility index (Phi) is 3.89. The van der Waals surface area contributed by atoms with Gasteiger partial charge in [-0.2, -0.15) is 0 Å². The zero-order chi connectivity index (χ0) is 18.3. The van der Waals surface area contributed by atoms with Crippen LogP contribution in [0.25, 0.3) is 21.8 Å².